The molecule has 9 nitrogen and oxygen atoms in total. The molecule has 11 heteroatoms. The van der Waals surface area contributed by atoms with Gasteiger partial charge in [-0.05, 0) is 12.1 Å². The van der Waals surface area contributed by atoms with Crippen LogP contribution in [0.2, 0.25) is 5.02 Å². The van der Waals surface area contributed by atoms with Crippen LogP contribution in [0, 0.1) is 20.2 Å². The summed E-state index contributed by atoms with van der Waals surface area (Å²) < 4.78 is 26.0. The zero-order chi connectivity index (χ0) is 18.1. The van der Waals surface area contributed by atoms with Gasteiger partial charge in [0.2, 0.25) is 0 Å². The van der Waals surface area contributed by atoms with Gasteiger partial charge >= 0.3 is 0 Å². The standard InChI is InChI=1S/C13H10ClN3O6S/c1-15(12-8-9(16(18)19)6-7-10(12)14)24(22,23)13-5-3-2-4-11(13)17(20)21/h2-8H,1H3. The third-order valence-electron chi connectivity index (χ3n) is 3.18. The number of nitrogens with zero attached hydrogens (tertiary/aromatic N) is 3. The van der Waals surface area contributed by atoms with E-state index in [4.69, 9.17) is 11.6 Å². The molecule has 0 unspecified atom stereocenters. The van der Waals surface area contributed by atoms with Crippen molar-refractivity contribution in [3.05, 3.63) is 67.7 Å². The number of hydrogen-bond donors (Lipinski definition) is 0. The van der Waals surface area contributed by atoms with Gasteiger partial charge in [0.25, 0.3) is 21.4 Å². The van der Waals surface area contributed by atoms with Crippen molar-refractivity contribution in [2.75, 3.05) is 11.4 Å². The molecule has 0 amide bonds. The number of non-ortho nitro benzene ring substituents is 1. The highest BCUT2D eigenvalue weighted by atomic mass is 35.5. The average Bonchev–Trinajstić information content (AvgIpc) is 2.54. The second-order valence-corrected chi connectivity index (χ2v) is 6.94. The van der Waals surface area contributed by atoms with Crippen LogP contribution in [0.1, 0.15) is 0 Å². The molecule has 0 bridgehead atoms. The average molecular weight is 372 g/mol. The Hall–Kier alpha value is -2.72. The van der Waals surface area contributed by atoms with Gasteiger partial charge < -0.3 is 0 Å². The molecular formula is C13H10ClN3O6S. The summed E-state index contributed by atoms with van der Waals surface area (Å²) in [7, 11) is -3.24. The Morgan fingerprint density at radius 3 is 2.25 bits per heavy atom. The first kappa shape index (κ1) is 17.6. The first-order valence-corrected chi connectivity index (χ1v) is 8.14. The quantitative estimate of drug-likeness (QED) is 0.587. The third-order valence-corrected chi connectivity index (χ3v) is 5.32. The predicted molar refractivity (Wildman–Crippen MR) is 86.8 cm³/mol. The Morgan fingerprint density at radius 2 is 1.67 bits per heavy atom. The van der Waals surface area contributed by atoms with Gasteiger partial charge in [0, 0.05) is 25.2 Å². The van der Waals surface area contributed by atoms with Crippen molar-refractivity contribution in [2.24, 2.45) is 0 Å². The van der Waals surface area contributed by atoms with Gasteiger partial charge in [0.1, 0.15) is 0 Å². The molecule has 2 aromatic carbocycles. The summed E-state index contributed by atoms with van der Waals surface area (Å²) in [6.07, 6.45) is 0. The van der Waals surface area contributed by atoms with Crippen molar-refractivity contribution in [3.63, 3.8) is 0 Å². The van der Waals surface area contributed by atoms with Crippen molar-refractivity contribution >= 4 is 38.7 Å². The second kappa shape index (κ2) is 6.42. The molecule has 24 heavy (non-hydrogen) atoms. The fraction of sp³-hybridized carbons (Fsp3) is 0.0769. The van der Waals surface area contributed by atoms with Crippen LogP contribution in [0.4, 0.5) is 17.1 Å². The maximum atomic E-state index is 12.7. The Kier molecular flexibility index (Phi) is 4.71. The lowest BCUT2D eigenvalue weighted by atomic mass is 10.3. The summed E-state index contributed by atoms with van der Waals surface area (Å²) in [6.45, 7) is 0. The van der Waals surface area contributed by atoms with E-state index in [1.54, 1.807) is 0 Å². The molecule has 0 aliphatic rings. The van der Waals surface area contributed by atoms with Crippen LogP contribution in [0.15, 0.2) is 47.4 Å². The molecular weight excluding hydrogens is 362 g/mol. The van der Waals surface area contributed by atoms with Crippen LogP contribution in [0.5, 0.6) is 0 Å². The van der Waals surface area contributed by atoms with E-state index in [9.17, 15) is 28.6 Å². The van der Waals surface area contributed by atoms with Gasteiger partial charge in [-0.15, -0.1) is 0 Å². The third kappa shape index (κ3) is 3.14. The molecule has 0 radical (unpaired) electrons. The van der Waals surface area contributed by atoms with Crippen molar-refractivity contribution in [2.45, 2.75) is 4.90 Å². The van der Waals surface area contributed by atoms with E-state index in [1.807, 2.05) is 0 Å². The highest BCUT2D eigenvalue weighted by molar-refractivity contribution is 7.93. The van der Waals surface area contributed by atoms with Crippen molar-refractivity contribution in [1.29, 1.82) is 0 Å². The summed E-state index contributed by atoms with van der Waals surface area (Å²) in [5.74, 6) is 0. The lowest BCUT2D eigenvalue weighted by Gasteiger charge is -2.20. The minimum atomic E-state index is -4.35. The smallest absolute Gasteiger partial charge is 0.267 e. The van der Waals surface area contributed by atoms with Crippen LogP contribution in [-0.4, -0.2) is 25.3 Å². The van der Waals surface area contributed by atoms with Gasteiger partial charge in [0.05, 0.1) is 20.6 Å². The van der Waals surface area contributed by atoms with Gasteiger partial charge in [-0.1, -0.05) is 23.7 Å². The van der Waals surface area contributed by atoms with E-state index in [2.05, 4.69) is 0 Å². The van der Waals surface area contributed by atoms with E-state index in [-0.39, 0.29) is 16.4 Å². The highest BCUT2D eigenvalue weighted by Crippen LogP contribution is 2.34. The number of sulfonamides is 1. The number of hydrogen-bond acceptors (Lipinski definition) is 6. The first-order chi connectivity index (χ1) is 11.2. The number of anilines is 1. The van der Waals surface area contributed by atoms with Crippen molar-refractivity contribution < 1.29 is 18.3 Å². The number of benzene rings is 2. The summed E-state index contributed by atoms with van der Waals surface area (Å²) >= 11 is 5.93. The molecule has 2 aromatic rings. The molecule has 0 aromatic heterocycles. The zero-order valence-electron chi connectivity index (χ0n) is 12.1. The maximum absolute atomic E-state index is 12.7. The molecule has 0 aliphatic carbocycles. The number of para-hydroxylation sites is 1. The van der Waals surface area contributed by atoms with E-state index < -0.39 is 30.5 Å². The molecule has 0 atom stereocenters. The summed E-state index contributed by atoms with van der Waals surface area (Å²) in [5, 5.41) is 21.8. The molecule has 2 rings (SSSR count). The molecule has 0 heterocycles. The van der Waals surface area contributed by atoms with Gasteiger partial charge in [0.15, 0.2) is 4.90 Å². The van der Waals surface area contributed by atoms with Crippen LogP contribution >= 0.6 is 11.6 Å². The normalized spacial score (nSPS) is 11.1. The topological polar surface area (TPSA) is 124 Å². The lowest BCUT2D eigenvalue weighted by Crippen LogP contribution is -2.27. The monoisotopic (exact) mass is 371 g/mol. The molecule has 0 N–H and O–H groups in total. The van der Waals surface area contributed by atoms with Crippen molar-refractivity contribution in [3.8, 4) is 0 Å². The van der Waals surface area contributed by atoms with E-state index in [0.29, 0.717) is 4.31 Å². The van der Waals surface area contributed by atoms with Gasteiger partial charge in [-0.3, -0.25) is 24.5 Å². The summed E-state index contributed by atoms with van der Waals surface area (Å²) in [6, 6.07) is 8.08. The summed E-state index contributed by atoms with van der Waals surface area (Å²) in [4.78, 5) is 19.8. The molecule has 0 aliphatic heterocycles. The number of nitro benzene ring substituents is 2. The minimum Gasteiger partial charge on any atom is -0.267 e. The van der Waals surface area contributed by atoms with E-state index in [1.165, 1.54) is 18.2 Å². The number of nitro groups is 2. The summed E-state index contributed by atoms with van der Waals surface area (Å²) in [5.41, 5.74) is -1.13. The van der Waals surface area contributed by atoms with Crippen LogP contribution in [-0.2, 0) is 10.0 Å². The van der Waals surface area contributed by atoms with E-state index in [0.717, 1.165) is 31.3 Å². The van der Waals surface area contributed by atoms with E-state index >= 15 is 0 Å². The lowest BCUT2D eigenvalue weighted by molar-refractivity contribution is -0.387. The molecule has 0 spiro atoms. The SMILES string of the molecule is CN(c1cc([N+](=O)[O-])ccc1Cl)S(=O)(=O)c1ccccc1[N+](=O)[O-]. The first-order valence-electron chi connectivity index (χ1n) is 6.32. The van der Waals surface area contributed by atoms with Crippen LogP contribution < -0.4 is 4.31 Å². The number of halogens is 1. The van der Waals surface area contributed by atoms with Gasteiger partial charge in [-0.25, -0.2) is 8.42 Å². The largest absolute Gasteiger partial charge is 0.289 e. The van der Waals surface area contributed by atoms with Crippen molar-refractivity contribution in [1.82, 2.24) is 0 Å². The fourth-order valence-electron chi connectivity index (χ4n) is 1.96. The molecule has 126 valence electrons. The molecule has 0 fully saturated rings. The molecule has 0 saturated carbocycles. The Bertz CT molecular complexity index is 931. The zero-order valence-corrected chi connectivity index (χ0v) is 13.7. The Labute approximate surface area is 141 Å². The minimum absolute atomic E-state index is 0.0507. The molecule has 0 saturated heterocycles. The Balaban J connectivity index is 2.61. The predicted octanol–water partition coefficient (Wildman–Crippen LogP) is 2.98. The maximum Gasteiger partial charge on any atom is 0.289 e. The van der Waals surface area contributed by atoms with Gasteiger partial charge in [-0.2, -0.15) is 0 Å². The van der Waals surface area contributed by atoms with Crippen LogP contribution in [0.25, 0.3) is 0 Å². The van der Waals surface area contributed by atoms with Crippen LogP contribution in [0.3, 0.4) is 0 Å². The Morgan fingerprint density at radius 1 is 1.04 bits per heavy atom. The highest BCUT2D eigenvalue weighted by Gasteiger charge is 2.31. The number of rotatable bonds is 5. The fourth-order valence-corrected chi connectivity index (χ4v) is 3.62. The second-order valence-electron chi connectivity index (χ2n) is 4.59.